The zero-order valence-corrected chi connectivity index (χ0v) is 27.7. The van der Waals surface area contributed by atoms with E-state index in [-0.39, 0.29) is 0 Å². The van der Waals surface area contributed by atoms with Crippen molar-refractivity contribution >= 4 is 85.8 Å². The topological polar surface area (TPSA) is 30.7 Å². The molecule has 0 spiro atoms. The Bertz CT molecular complexity index is 3150. The molecule has 0 saturated heterocycles. The second-order valence-corrected chi connectivity index (χ2v) is 14.0. The fourth-order valence-corrected chi connectivity index (χ4v) is 9.13. The normalized spacial score (nSPS) is 12.0. The van der Waals surface area contributed by atoms with E-state index in [1.165, 1.54) is 63.5 Å². The molecule has 0 radical (unpaired) electrons. The van der Waals surface area contributed by atoms with Gasteiger partial charge in [0.25, 0.3) is 0 Å². The van der Waals surface area contributed by atoms with E-state index in [1.54, 1.807) is 0 Å². The zero-order chi connectivity index (χ0) is 32.8. The maximum absolute atomic E-state index is 5.38. The van der Waals surface area contributed by atoms with Crippen LogP contribution in [-0.4, -0.2) is 14.5 Å². The van der Waals surface area contributed by atoms with Gasteiger partial charge in [-0.2, -0.15) is 0 Å². The molecule has 0 N–H and O–H groups in total. The Morgan fingerprint density at radius 2 is 1.14 bits per heavy atom. The molecule has 0 fully saturated rings. The summed E-state index contributed by atoms with van der Waals surface area (Å²) < 4.78 is 4.92. The molecular formula is C46H27N3S. The van der Waals surface area contributed by atoms with Gasteiger partial charge in [-0.25, -0.2) is 9.97 Å². The van der Waals surface area contributed by atoms with E-state index in [0.29, 0.717) is 0 Å². The van der Waals surface area contributed by atoms with E-state index in [1.807, 2.05) is 11.3 Å². The van der Waals surface area contributed by atoms with Crippen molar-refractivity contribution in [3.8, 4) is 28.3 Å². The molecule has 0 bridgehead atoms. The van der Waals surface area contributed by atoms with Crippen LogP contribution in [0.3, 0.4) is 0 Å². The Morgan fingerprint density at radius 3 is 2.04 bits per heavy atom. The van der Waals surface area contributed by atoms with Crippen LogP contribution in [0.1, 0.15) is 0 Å². The first-order chi connectivity index (χ1) is 24.8. The van der Waals surface area contributed by atoms with Crippen molar-refractivity contribution in [2.75, 3.05) is 0 Å². The molecule has 0 amide bonds. The summed E-state index contributed by atoms with van der Waals surface area (Å²) in [6, 6.07) is 58.9. The smallest absolute Gasteiger partial charge is 0.161 e. The van der Waals surface area contributed by atoms with Gasteiger partial charge >= 0.3 is 0 Å². The number of hydrogen-bond acceptors (Lipinski definition) is 3. The lowest BCUT2D eigenvalue weighted by atomic mass is 9.99. The van der Waals surface area contributed by atoms with E-state index in [4.69, 9.17) is 9.97 Å². The Hall–Kier alpha value is -6.36. The molecule has 0 unspecified atom stereocenters. The maximum atomic E-state index is 5.38. The van der Waals surface area contributed by atoms with Crippen molar-refractivity contribution in [1.29, 1.82) is 0 Å². The third-order valence-electron chi connectivity index (χ3n) is 10.2. The summed E-state index contributed by atoms with van der Waals surface area (Å²) in [5.41, 5.74) is 7.49. The third kappa shape index (κ3) is 3.97. The summed E-state index contributed by atoms with van der Waals surface area (Å²) >= 11 is 1.82. The minimum absolute atomic E-state index is 0.734. The summed E-state index contributed by atoms with van der Waals surface area (Å²) in [5.74, 6) is 0.734. The van der Waals surface area contributed by atoms with Gasteiger partial charge in [-0.05, 0) is 46.5 Å². The first-order valence-corrected chi connectivity index (χ1v) is 17.7. The van der Waals surface area contributed by atoms with E-state index in [0.717, 1.165) is 39.2 Å². The summed E-state index contributed by atoms with van der Waals surface area (Å²) in [5, 5.41) is 11.0. The summed E-state index contributed by atoms with van der Waals surface area (Å²) in [6.45, 7) is 0. The van der Waals surface area contributed by atoms with E-state index in [9.17, 15) is 0 Å². The molecule has 232 valence electrons. The molecule has 11 aromatic rings. The van der Waals surface area contributed by atoms with Crippen LogP contribution in [0, 0.1) is 0 Å². The molecule has 3 nitrogen and oxygen atoms in total. The molecule has 11 rings (SSSR count). The standard InChI is InChI=1S/C46H27N3S/c1-2-13-29(14-3-1)43-37-18-6-9-19-40(37)47-46(48-43)39-27-30(26-38-34-17-8-11-21-42(34)50-45(38)39)49-41-20-10-7-16-33(41)36-25-24-32-31-15-5-4-12-28(31)22-23-35(32)44(36)49/h1-27H. The molecule has 50 heavy (non-hydrogen) atoms. The second-order valence-electron chi connectivity index (χ2n) is 12.9. The highest BCUT2D eigenvalue weighted by Crippen LogP contribution is 2.44. The van der Waals surface area contributed by atoms with Crippen molar-refractivity contribution in [2.45, 2.75) is 0 Å². The fourth-order valence-electron chi connectivity index (χ4n) is 7.94. The molecule has 0 atom stereocenters. The summed E-state index contributed by atoms with van der Waals surface area (Å²) in [4.78, 5) is 10.6. The molecule has 3 aromatic heterocycles. The Labute approximate surface area is 291 Å². The Balaban J connectivity index is 1.29. The number of fused-ring (bicyclic) bond motifs is 11. The van der Waals surface area contributed by atoms with Crippen LogP contribution in [-0.2, 0) is 0 Å². The molecule has 0 aliphatic rings. The van der Waals surface area contributed by atoms with E-state index >= 15 is 0 Å². The highest BCUT2D eigenvalue weighted by molar-refractivity contribution is 7.26. The predicted molar refractivity (Wildman–Crippen MR) is 213 cm³/mol. The van der Waals surface area contributed by atoms with E-state index < -0.39 is 0 Å². The van der Waals surface area contributed by atoms with Gasteiger partial charge in [0, 0.05) is 58.5 Å². The van der Waals surface area contributed by atoms with Crippen molar-refractivity contribution in [3.63, 3.8) is 0 Å². The predicted octanol–water partition coefficient (Wildman–Crippen LogP) is 12.7. The zero-order valence-electron chi connectivity index (χ0n) is 26.8. The number of benzene rings is 8. The molecule has 0 aliphatic carbocycles. The highest BCUT2D eigenvalue weighted by Gasteiger charge is 2.21. The van der Waals surface area contributed by atoms with Gasteiger partial charge in [-0.3, -0.25) is 0 Å². The van der Waals surface area contributed by atoms with Crippen LogP contribution in [0.25, 0.3) is 103 Å². The highest BCUT2D eigenvalue weighted by atomic mass is 32.1. The number of hydrogen-bond donors (Lipinski definition) is 0. The maximum Gasteiger partial charge on any atom is 0.161 e. The monoisotopic (exact) mass is 653 g/mol. The lowest BCUT2D eigenvalue weighted by molar-refractivity contribution is 1.18. The first-order valence-electron chi connectivity index (χ1n) is 16.9. The van der Waals surface area contributed by atoms with Crippen molar-refractivity contribution < 1.29 is 0 Å². The van der Waals surface area contributed by atoms with Gasteiger partial charge < -0.3 is 4.57 Å². The van der Waals surface area contributed by atoms with Crippen molar-refractivity contribution in [3.05, 3.63) is 164 Å². The number of thiophene rings is 1. The minimum Gasteiger partial charge on any atom is -0.309 e. The molecule has 8 aromatic carbocycles. The number of aromatic nitrogens is 3. The van der Waals surface area contributed by atoms with Gasteiger partial charge in [0.1, 0.15) is 0 Å². The van der Waals surface area contributed by atoms with E-state index in [2.05, 4.69) is 168 Å². The lowest BCUT2D eigenvalue weighted by Crippen LogP contribution is -1.98. The number of rotatable bonds is 3. The van der Waals surface area contributed by atoms with Crippen molar-refractivity contribution in [1.82, 2.24) is 14.5 Å². The number of para-hydroxylation sites is 2. The van der Waals surface area contributed by atoms with Gasteiger partial charge in [0.2, 0.25) is 0 Å². The van der Waals surface area contributed by atoms with Crippen LogP contribution >= 0.6 is 11.3 Å². The third-order valence-corrected chi connectivity index (χ3v) is 11.4. The molecule has 0 aliphatic heterocycles. The Kier molecular flexibility index (Phi) is 5.83. The van der Waals surface area contributed by atoms with Crippen molar-refractivity contribution in [2.24, 2.45) is 0 Å². The number of nitrogens with zero attached hydrogens (tertiary/aromatic N) is 3. The summed E-state index contributed by atoms with van der Waals surface area (Å²) in [6.07, 6.45) is 0. The van der Waals surface area contributed by atoms with Crippen LogP contribution in [0.15, 0.2) is 164 Å². The quantitative estimate of drug-likeness (QED) is 0.178. The fraction of sp³-hybridized carbons (Fsp3) is 0. The van der Waals surface area contributed by atoms with Gasteiger partial charge in [-0.15, -0.1) is 11.3 Å². The van der Waals surface area contributed by atoms with Crippen LogP contribution in [0.2, 0.25) is 0 Å². The molecule has 0 saturated carbocycles. The average Bonchev–Trinajstić information content (AvgIpc) is 3.73. The largest absolute Gasteiger partial charge is 0.309 e. The SMILES string of the molecule is c1ccc(-c2nc(-c3cc(-n4c5ccccc5c5ccc6c7ccccc7ccc6c54)cc4c3sc3ccccc34)nc3ccccc23)cc1. The molecule has 3 heterocycles. The van der Waals surface area contributed by atoms with Gasteiger partial charge in [-0.1, -0.05) is 133 Å². The second kappa shape index (κ2) is 10.6. The Morgan fingerprint density at radius 1 is 0.460 bits per heavy atom. The molecular weight excluding hydrogens is 627 g/mol. The van der Waals surface area contributed by atoms with Crippen LogP contribution in [0.4, 0.5) is 0 Å². The average molecular weight is 654 g/mol. The minimum atomic E-state index is 0.734. The van der Waals surface area contributed by atoms with Crippen LogP contribution < -0.4 is 0 Å². The lowest BCUT2D eigenvalue weighted by Gasteiger charge is -2.14. The van der Waals surface area contributed by atoms with Crippen LogP contribution in [0.5, 0.6) is 0 Å². The molecule has 4 heteroatoms. The first kappa shape index (κ1) is 27.6. The van der Waals surface area contributed by atoms with Gasteiger partial charge in [0.05, 0.1) is 22.2 Å². The summed E-state index contributed by atoms with van der Waals surface area (Å²) in [7, 11) is 0. The van der Waals surface area contributed by atoms with Gasteiger partial charge in [0.15, 0.2) is 5.82 Å².